The molecule has 0 aromatic rings. The van der Waals surface area contributed by atoms with Gasteiger partial charge in [-0.15, -0.1) is 0 Å². The van der Waals surface area contributed by atoms with Crippen molar-refractivity contribution in [3.8, 4) is 0 Å². The summed E-state index contributed by atoms with van der Waals surface area (Å²) in [6.07, 6.45) is 2.28. The Kier molecular flexibility index (Phi) is 7.13. The van der Waals surface area contributed by atoms with Crippen molar-refractivity contribution in [2.24, 2.45) is 5.73 Å². The molecule has 0 spiro atoms. The maximum Gasteiger partial charge on any atom is 0.218 e. The predicted molar refractivity (Wildman–Crippen MR) is 64.2 cm³/mol. The summed E-state index contributed by atoms with van der Waals surface area (Å²) < 4.78 is 25.8. The third-order valence-electron chi connectivity index (χ3n) is 2.45. The highest BCUT2D eigenvalue weighted by Gasteiger charge is 2.28. The molecule has 5 heteroatoms. The normalized spacial score (nSPS) is 14.5. The molecule has 0 saturated carbocycles. The van der Waals surface area contributed by atoms with Gasteiger partial charge in [-0.3, -0.25) is 0 Å². The van der Waals surface area contributed by atoms with Crippen molar-refractivity contribution < 1.29 is 8.42 Å². The number of nitrogens with zero attached hydrogens (tertiary/aromatic N) is 1. The Morgan fingerprint density at radius 2 is 1.60 bits per heavy atom. The first-order valence-corrected chi connectivity index (χ1v) is 7.23. The van der Waals surface area contributed by atoms with E-state index in [-0.39, 0.29) is 6.54 Å². The Hall–Kier alpha value is -0.130. The van der Waals surface area contributed by atoms with Crippen molar-refractivity contribution in [1.82, 2.24) is 4.31 Å². The fourth-order valence-corrected chi connectivity index (χ4v) is 3.53. The van der Waals surface area contributed by atoms with Gasteiger partial charge in [-0.25, -0.2) is 12.7 Å². The van der Waals surface area contributed by atoms with Gasteiger partial charge in [0.25, 0.3) is 0 Å². The van der Waals surface area contributed by atoms with Crippen LogP contribution in [-0.4, -0.2) is 37.6 Å². The Morgan fingerprint density at radius 1 is 1.13 bits per heavy atom. The summed E-state index contributed by atoms with van der Waals surface area (Å²) in [6.45, 7) is 7.26. The number of hydrogen-bond acceptors (Lipinski definition) is 3. The van der Waals surface area contributed by atoms with Crippen LogP contribution in [0.2, 0.25) is 0 Å². The van der Waals surface area contributed by atoms with E-state index in [1.807, 2.05) is 20.8 Å². The lowest BCUT2D eigenvalue weighted by atomic mass is 10.3. The van der Waals surface area contributed by atoms with Gasteiger partial charge in [-0.1, -0.05) is 20.8 Å². The quantitative estimate of drug-likeness (QED) is 0.688. The molecule has 0 rings (SSSR count). The van der Waals surface area contributed by atoms with Crippen molar-refractivity contribution in [1.29, 1.82) is 0 Å². The summed E-state index contributed by atoms with van der Waals surface area (Å²) in [4.78, 5) is 0. The van der Waals surface area contributed by atoms with Gasteiger partial charge in [-0.2, -0.15) is 0 Å². The Morgan fingerprint density at radius 3 is 1.87 bits per heavy atom. The van der Waals surface area contributed by atoms with Crippen LogP contribution in [0.4, 0.5) is 0 Å². The zero-order valence-corrected chi connectivity index (χ0v) is 10.9. The third kappa shape index (κ3) is 4.09. The van der Waals surface area contributed by atoms with Crippen LogP contribution in [0.25, 0.3) is 0 Å². The molecule has 0 aromatic heterocycles. The minimum Gasteiger partial charge on any atom is -0.329 e. The zero-order chi connectivity index (χ0) is 11.9. The molecule has 0 radical (unpaired) electrons. The third-order valence-corrected chi connectivity index (χ3v) is 4.90. The van der Waals surface area contributed by atoms with Gasteiger partial charge in [0.1, 0.15) is 0 Å². The Labute approximate surface area is 93.9 Å². The van der Waals surface area contributed by atoms with E-state index in [0.29, 0.717) is 19.5 Å². The van der Waals surface area contributed by atoms with Gasteiger partial charge in [0.05, 0.1) is 5.25 Å². The van der Waals surface area contributed by atoms with Crippen LogP contribution >= 0.6 is 0 Å². The first-order chi connectivity index (χ1) is 7.04. The molecule has 0 aromatic carbocycles. The monoisotopic (exact) mass is 236 g/mol. The molecule has 0 fully saturated rings. The van der Waals surface area contributed by atoms with Crippen LogP contribution in [-0.2, 0) is 10.0 Å². The number of sulfonamides is 1. The van der Waals surface area contributed by atoms with E-state index in [1.54, 1.807) is 4.31 Å². The smallest absolute Gasteiger partial charge is 0.218 e. The molecule has 0 saturated heterocycles. The van der Waals surface area contributed by atoms with Crippen LogP contribution < -0.4 is 5.73 Å². The summed E-state index contributed by atoms with van der Waals surface area (Å²) in [5, 5.41) is -0.421. The van der Waals surface area contributed by atoms with E-state index in [4.69, 9.17) is 5.73 Å². The predicted octanol–water partition coefficient (Wildman–Crippen LogP) is 1.18. The van der Waals surface area contributed by atoms with Gasteiger partial charge in [0, 0.05) is 19.6 Å². The lowest BCUT2D eigenvalue weighted by Crippen LogP contribution is -2.42. The van der Waals surface area contributed by atoms with E-state index in [2.05, 4.69) is 0 Å². The van der Waals surface area contributed by atoms with E-state index in [9.17, 15) is 8.42 Å². The molecule has 4 nitrogen and oxygen atoms in total. The SMILES string of the molecule is CCCN(CCC)S(=O)(=O)C(CC)CN. The molecule has 0 heterocycles. The highest BCUT2D eigenvalue weighted by atomic mass is 32.2. The van der Waals surface area contributed by atoms with Crippen LogP contribution in [0.5, 0.6) is 0 Å². The second-order valence-corrected chi connectivity index (χ2v) is 5.92. The Balaban J connectivity index is 4.75. The van der Waals surface area contributed by atoms with E-state index in [1.165, 1.54) is 0 Å². The van der Waals surface area contributed by atoms with Gasteiger partial charge in [0.15, 0.2) is 0 Å². The standard InChI is InChI=1S/C10H24N2O2S/c1-4-7-12(8-5-2)15(13,14)10(6-3)9-11/h10H,4-9,11H2,1-3H3. The molecule has 1 unspecified atom stereocenters. The number of hydrogen-bond donors (Lipinski definition) is 1. The largest absolute Gasteiger partial charge is 0.329 e. The van der Waals surface area contributed by atoms with Gasteiger partial charge in [0.2, 0.25) is 10.0 Å². The van der Waals surface area contributed by atoms with Crippen molar-refractivity contribution in [3.05, 3.63) is 0 Å². The fraction of sp³-hybridized carbons (Fsp3) is 1.00. The van der Waals surface area contributed by atoms with E-state index < -0.39 is 15.3 Å². The molecule has 15 heavy (non-hydrogen) atoms. The number of nitrogens with two attached hydrogens (primary N) is 1. The van der Waals surface area contributed by atoms with Crippen molar-refractivity contribution in [2.75, 3.05) is 19.6 Å². The second-order valence-electron chi connectivity index (χ2n) is 3.71. The molecular formula is C10H24N2O2S. The lowest BCUT2D eigenvalue weighted by molar-refractivity contribution is 0.401. The minimum atomic E-state index is -3.18. The molecule has 2 N–H and O–H groups in total. The molecular weight excluding hydrogens is 212 g/mol. The van der Waals surface area contributed by atoms with Crippen LogP contribution in [0.3, 0.4) is 0 Å². The van der Waals surface area contributed by atoms with Crippen molar-refractivity contribution >= 4 is 10.0 Å². The first kappa shape index (κ1) is 14.9. The van der Waals surface area contributed by atoms with Gasteiger partial charge >= 0.3 is 0 Å². The summed E-state index contributed by atoms with van der Waals surface area (Å²) in [7, 11) is -3.18. The second kappa shape index (κ2) is 7.19. The van der Waals surface area contributed by atoms with E-state index in [0.717, 1.165) is 12.8 Å². The maximum absolute atomic E-state index is 12.1. The summed E-state index contributed by atoms with van der Waals surface area (Å²) in [6, 6.07) is 0. The summed E-state index contributed by atoms with van der Waals surface area (Å²) >= 11 is 0. The van der Waals surface area contributed by atoms with Crippen LogP contribution in [0.1, 0.15) is 40.0 Å². The zero-order valence-electron chi connectivity index (χ0n) is 10.1. The summed E-state index contributed by atoms with van der Waals surface area (Å²) in [5.74, 6) is 0. The Bertz CT molecular complexity index is 242. The van der Waals surface area contributed by atoms with Crippen molar-refractivity contribution in [2.45, 2.75) is 45.3 Å². The van der Waals surface area contributed by atoms with E-state index >= 15 is 0 Å². The topological polar surface area (TPSA) is 63.4 Å². The molecule has 0 aliphatic rings. The fourth-order valence-electron chi connectivity index (χ4n) is 1.57. The molecule has 1 atom stereocenters. The summed E-state index contributed by atoms with van der Waals surface area (Å²) in [5.41, 5.74) is 5.49. The lowest BCUT2D eigenvalue weighted by Gasteiger charge is -2.25. The van der Waals surface area contributed by atoms with Gasteiger partial charge < -0.3 is 5.73 Å². The first-order valence-electron chi connectivity index (χ1n) is 5.73. The van der Waals surface area contributed by atoms with Crippen LogP contribution in [0, 0.1) is 0 Å². The molecule has 0 aliphatic carbocycles. The minimum absolute atomic E-state index is 0.211. The van der Waals surface area contributed by atoms with Crippen LogP contribution in [0.15, 0.2) is 0 Å². The molecule has 0 aliphatic heterocycles. The highest BCUT2D eigenvalue weighted by molar-refractivity contribution is 7.89. The maximum atomic E-state index is 12.1. The average Bonchev–Trinajstić information content (AvgIpc) is 2.19. The average molecular weight is 236 g/mol. The van der Waals surface area contributed by atoms with Gasteiger partial charge in [-0.05, 0) is 19.3 Å². The molecule has 92 valence electrons. The number of rotatable bonds is 8. The molecule has 0 amide bonds. The van der Waals surface area contributed by atoms with Crippen molar-refractivity contribution in [3.63, 3.8) is 0 Å². The highest BCUT2D eigenvalue weighted by Crippen LogP contribution is 2.12. The molecule has 0 bridgehead atoms.